The normalized spacial score (nSPS) is 11.1. The fourth-order valence-electron chi connectivity index (χ4n) is 2.61. The van der Waals surface area contributed by atoms with E-state index in [4.69, 9.17) is 4.99 Å². The summed E-state index contributed by atoms with van der Waals surface area (Å²) in [6, 6.07) is 12.9. The van der Waals surface area contributed by atoms with Gasteiger partial charge in [-0.3, -0.25) is 0 Å². The maximum absolute atomic E-state index is 4.69. The number of benzene rings is 1. The zero-order valence-electron chi connectivity index (χ0n) is 15.5. The van der Waals surface area contributed by atoms with Crippen LogP contribution in [0.2, 0.25) is 0 Å². The van der Waals surface area contributed by atoms with Gasteiger partial charge in [-0.1, -0.05) is 30.3 Å². The molecule has 0 aliphatic heterocycles. The van der Waals surface area contributed by atoms with Crippen molar-refractivity contribution in [2.75, 3.05) is 13.1 Å². The van der Waals surface area contributed by atoms with E-state index >= 15 is 0 Å². The van der Waals surface area contributed by atoms with Crippen LogP contribution in [0.4, 0.5) is 0 Å². The molecule has 3 rings (SSSR count). The molecule has 0 atom stereocenters. The van der Waals surface area contributed by atoms with Crippen molar-refractivity contribution in [3.05, 3.63) is 76.5 Å². The molecule has 0 radical (unpaired) electrons. The fraction of sp³-hybridized carbons (Fsp3) is 0.300. The number of nitrogens with one attached hydrogen (secondary N) is 2. The average Bonchev–Trinajstić information content (AvgIpc) is 3.35. The number of guanidine groups is 1. The summed E-state index contributed by atoms with van der Waals surface area (Å²) < 4.78 is 2.06. The minimum absolute atomic E-state index is 0. The number of hydrogen-bond donors (Lipinski definition) is 2. The molecule has 0 unspecified atom stereocenters. The number of nitrogens with zero attached hydrogens (tertiary/aromatic N) is 3. The van der Waals surface area contributed by atoms with Crippen LogP contribution >= 0.6 is 35.3 Å². The maximum Gasteiger partial charge on any atom is 0.191 e. The first-order chi connectivity index (χ1) is 12.8. The van der Waals surface area contributed by atoms with Gasteiger partial charge in [0, 0.05) is 36.9 Å². The van der Waals surface area contributed by atoms with Crippen molar-refractivity contribution < 1.29 is 0 Å². The Morgan fingerprint density at radius 1 is 1.15 bits per heavy atom. The van der Waals surface area contributed by atoms with Crippen molar-refractivity contribution in [1.29, 1.82) is 0 Å². The second-order valence-electron chi connectivity index (χ2n) is 6.00. The number of aliphatic imine (C=N–C) groups is 1. The predicted octanol–water partition coefficient (Wildman–Crippen LogP) is 3.91. The lowest BCUT2D eigenvalue weighted by atomic mass is 10.1. The Labute approximate surface area is 182 Å². The number of rotatable bonds is 8. The van der Waals surface area contributed by atoms with Crippen LogP contribution in [-0.2, 0) is 19.5 Å². The molecule has 0 bridgehead atoms. The lowest BCUT2D eigenvalue weighted by Gasteiger charge is -2.11. The Morgan fingerprint density at radius 3 is 2.63 bits per heavy atom. The maximum atomic E-state index is 4.69. The standard InChI is InChI=1S/C20H25N5S.HI/c1-2-22-20(23-10-9-19-4-3-13-26-19)24-14-17-5-7-18(8-6-17)15-25-12-11-21-16-25;/h3-8,11-13,16H,2,9-10,14-15H2,1H3,(H2,22,23,24);1H. The van der Waals surface area contributed by atoms with E-state index in [2.05, 4.69) is 68.9 Å². The highest BCUT2D eigenvalue weighted by Gasteiger charge is 2.00. The second-order valence-corrected chi connectivity index (χ2v) is 7.04. The van der Waals surface area contributed by atoms with E-state index in [-0.39, 0.29) is 24.0 Å². The molecule has 2 heterocycles. The Hall–Kier alpha value is -1.87. The smallest absolute Gasteiger partial charge is 0.191 e. The molecule has 0 spiro atoms. The number of thiophene rings is 1. The van der Waals surface area contributed by atoms with Crippen molar-refractivity contribution in [3.8, 4) is 0 Å². The predicted molar refractivity (Wildman–Crippen MR) is 124 cm³/mol. The van der Waals surface area contributed by atoms with Crippen LogP contribution < -0.4 is 10.6 Å². The molecule has 2 N–H and O–H groups in total. The Bertz CT molecular complexity index is 782. The molecule has 0 saturated heterocycles. The first-order valence-corrected chi connectivity index (χ1v) is 9.79. The van der Waals surface area contributed by atoms with Gasteiger partial charge in [0.15, 0.2) is 5.96 Å². The van der Waals surface area contributed by atoms with Crippen LogP contribution in [0, 0.1) is 0 Å². The summed E-state index contributed by atoms with van der Waals surface area (Å²) in [4.78, 5) is 10.2. The fourth-order valence-corrected chi connectivity index (χ4v) is 3.32. The average molecular weight is 495 g/mol. The van der Waals surface area contributed by atoms with E-state index in [0.29, 0.717) is 6.54 Å². The van der Waals surface area contributed by atoms with Gasteiger partial charge in [0.1, 0.15) is 0 Å². The lowest BCUT2D eigenvalue weighted by molar-refractivity contribution is 0.795. The second kappa shape index (κ2) is 11.8. The topological polar surface area (TPSA) is 54.2 Å². The van der Waals surface area contributed by atoms with Crippen LogP contribution in [0.25, 0.3) is 0 Å². The van der Waals surface area contributed by atoms with Gasteiger partial charge in [-0.25, -0.2) is 9.98 Å². The van der Waals surface area contributed by atoms with Crippen molar-refractivity contribution in [1.82, 2.24) is 20.2 Å². The summed E-state index contributed by atoms with van der Waals surface area (Å²) in [5.41, 5.74) is 2.46. The summed E-state index contributed by atoms with van der Waals surface area (Å²) >= 11 is 1.79. The molecule has 0 aliphatic rings. The van der Waals surface area contributed by atoms with Crippen LogP contribution in [-0.4, -0.2) is 28.6 Å². The van der Waals surface area contributed by atoms with Crippen molar-refractivity contribution >= 4 is 41.3 Å². The third-order valence-electron chi connectivity index (χ3n) is 3.96. The quantitative estimate of drug-likeness (QED) is 0.283. The first kappa shape index (κ1) is 21.4. The molecule has 0 amide bonds. The van der Waals surface area contributed by atoms with Gasteiger partial charge in [0.25, 0.3) is 0 Å². The van der Waals surface area contributed by atoms with E-state index < -0.39 is 0 Å². The summed E-state index contributed by atoms with van der Waals surface area (Å²) in [7, 11) is 0. The van der Waals surface area contributed by atoms with Crippen molar-refractivity contribution in [2.24, 2.45) is 4.99 Å². The van der Waals surface area contributed by atoms with Gasteiger partial charge in [-0.05, 0) is 35.9 Å². The summed E-state index contributed by atoms with van der Waals surface area (Å²) in [5.74, 6) is 0.867. The molecule has 27 heavy (non-hydrogen) atoms. The van der Waals surface area contributed by atoms with Crippen molar-refractivity contribution in [2.45, 2.75) is 26.4 Å². The highest BCUT2D eigenvalue weighted by molar-refractivity contribution is 14.0. The summed E-state index contributed by atoms with van der Waals surface area (Å²) in [6.45, 7) is 5.34. The molecular weight excluding hydrogens is 469 g/mol. The van der Waals surface area contributed by atoms with Gasteiger partial charge in [-0.15, -0.1) is 35.3 Å². The number of hydrogen-bond acceptors (Lipinski definition) is 3. The third kappa shape index (κ3) is 7.34. The minimum Gasteiger partial charge on any atom is -0.357 e. The molecule has 7 heteroatoms. The third-order valence-corrected chi connectivity index (χ3v) is 4.89. The van der Waals surface area contributed by atoms with Gasteiger partial charge in [-0.2, -0.15) is 0 Å². The van der Waals surface area contributed by atoms with Gasteiger partial charge < -0.3 is 15.2 Å². The molecule has 1 aromatic carbocycles. The van der Waals surface area contributed by atoms with E-state index in [1.54, 1.807) is 17.5 Å². The minimum atomic E-state index is 0. The van der Waals surface area contributed by atoms with Crippen LogP contribution in [0.15, 0.2) is 65.5 Å². The lowest BCUT2D eigenvalue weighted by Crippen LogP contribution is -2.38. The Kier molecular flexibility index (Phi) is 9.34. The molecule has 5 nitrogen and oxygen atoms in total. The number of halogens is 1. The monoisotopic (exact) mass is 495 g/mol. The largest absolute Gasteiger partial charge is 0.357 e. The Morgan fingerprint density at radius 2 is 1.96 bits per heavy atom. The van der Waals surface area contributed by atoms with Crippen LogP contribution in [0.5, 0.6) is 0 Å². The zero-order valence-corrected chi connectivity index (χ0v) is 18.6. The number of imidazole rings is 1. The van der Waals surface area contributed by atoms with E-state index in [0.717, 1.165) is 32.0 Å². The molecule has 0 aliphatic carbocycles. The highest BCUT2D eigenvalue weighted by Crippen LogP contribution is 2.09. The van der Waals surface area contributed by atoms with E-state index in [1.807, 2.05) is 12.5 Å². The first-order valence-electron chi connectivity index (χ1n) is 8.91. The molecule has 2 aromatic heterocycles. The Balaban J connectivity index is 0.00000261. The summed E-state index contributed by atoms with van der Waals surface area (Å²) in [5, 5.41) is 8.83. The SMILES string of the molecule is CCNC(=NCc1ccc(Cn2ccnc2)cc1)NCCc1cccs1.I. The number of aromatic nitrogens is 2. The summed E-state index contributed by atoms with van der Waals surface area (Å²) in [6.07, 6.45) is 6.63. The molecule has 3 aromatic rings. The van der Waals surface area contributed by atoms with Crippen molar-refractivity contribution in [3.63, 3.8) is 0 Å². The molecule has 0 fully saturated rings. The van der Waals surface area contributed by atoms with Gasteiger partial charge >= 0.3 is 0 Å². The molecule has 144 valence electrons. The van der Waals surface area contributed by atoms with Crippen LogP contribution in [0.3, 0.4) is 0 Å². The van der Waals surface area contributed by atoms with Crippen LogP contribution in [0.1, 0.15) is 22.9 Å². The highest BCUT2D eigenvalue weighted by atomic mass is 127. The van der Waals surface area contributed by atoms with Gasteiger partial charge in [0.05, 0.1) is 12.9 Å². The zero-order chi connectivity index (χ0) is 18.0. The van der Waals surface area contributed by atoms with E-state index in [1.165, 1.54) is 16.0 Å². The molecular formula is C20H26IN5S. The van der Waals surface area contributed by atoms with Gasteiger partial charge in [0.2, 0.25) is 0 Å². The molecule has 0 saturated carbocycles. The van der Waals surface area contributed by atoms with E-state index in [9.17, 15) is 0 Å².